The van der Waals surface area contributed by atoms with Gasteiger partial charge in [0.2, 0.25) is 5.91 Å². The molecule has 0 bridgehead atoms. The number of nitrogens with one attached hydrogen (secondary N) is 1. The average Bonchev–Trinajstić information content (AvgIpc) is 2.92. The van der Waals surface area contributed by atoms with Crippen molar-refractivity contribution in [3.05, 3.63) is 94.8 Å². The number of nitrogen functional groups attached to an aromatic ring is 1. The average molecular weight is 526 g/mol. The van der Waals surface area contributed by atoms with E-state index in [9.17, 15) is 9.59 Å². The standard InChI is InChI=1S/C30H31N5O4/c1-19-8-13-25(21(3)24(19)18-38-26-7-5-6-23-12-9-20(2)34-30(23)26)35(4)28(36)17-33-39-29(37)15-11-22-10-14-27(31)32-16-22/h5-16,33H,17-18H2,1-4H3,(H2,31,32)/b15-11+. The van der Waals surface area contributed by atoms with Gasteiger partial charge in [-0.3, -0.25) is 4.79 Å². The van der Waals surface area contributed by atoms with E-state index in [0.29, 0.717) is 23.7 Å². The Bertz CT molecular complexity index is 1530. The van der Waals surface area contributed by atoms with Gasteiger partial charge in [0, 0.05) is 36.1 Å². The van der Waals surface area contributed by atoms with Crippen molar-refractivity contribution in [1.82, 2.24) is 15.4 Å². The van der Waals surface area contributed by atoms with Crippen LogP contribution in [0.25, 0.3) is 17.0 Å². The van der Waals surface area contributed by atoms with Crippen molar-refractivity contribution in [2.24, 2.45) is 0 Å². The molecule has 0 radical (unpaired) electrons. The van der Waals surface area contributed by atoms with Gasteiger partial charge in [-0.05, 0) is 79.4 Å². The molecule has 1 amide bonds. The molecular formula is C30H31N5O4. The molecule has 0 aliphatic heterocycles. The summed E-state index contributed by atoms with van der Waals surface area (Å²) in [5, 5.41) is 1.01. The number of ether oxygens (including phenoxy) is 1. The Labute approximate surface area is 227 Å². The highest BCUT2D eigenvalue weighted by molar-refractivity contribution is 5.95. The van der Waals surface area contributed by atoms with Crippen molar-refractivity contribution in [3.8, 4) is 5.75 Å². The van der Waals surface area contributed by atoms with E-state index >= 15 is 0 Å². The van der Waals surface area contributed by atoms with Gasteiger partial charge in [-0.2, -0.15) is 0 Å². The molecule has 0 aliphatic rings. The summed E-state index contributed by atoms with van der Waals surface area (Å²) in [5.41, 5.74) is 14.1. The van der Waals surface area contributed by atoms with Crippen LogP contribution in [0.1, 0.15) is 27.9 Å². The molecule has 39 heavy (non-hydrogen) atoms. The smallest absolute Gasteiger partial charge is 0.349 e. The lowest BCUT2D eigenvalue weighted by atomic mass is 10.0. The van der Waals surface area contributed by atoms with Crippen LogP contribution in [0.15, 0.2) is 66.9 Å². The van der Waals surface area contributed by atoms with E-state index in [1.54, 1.807) is 25.3 Å². The summed E-state index contributed by atoms with van der Waals surface area (Å²) >= 11 is 0. The molecule has 2 aromatic heterocycles. The molecule has 0 spiro atoms. The maximum Gasteiger partial charge on any atom is 0.349 e. The lowest BCUT2D eigenvalue weighted by Crippen LogP contribution is -2.36. The second kappa shape index (κ2) is 12.2. The Hall–Kier alpha value is -4.76. The van der Waals surface area contributed by atoms with E-state index < -0.39 is 5.97 Å². The summed E-state index contributed by atoms with van der Waals surface area (Å²) in [5.74, 6) is 0.172. The molecule has 9 heteroatoms. The number of likely N-dealkylation sites (N-methyl/N-ethyl adjacent to an activating group) is 1. The van der Waals surface area contributed by atoms with Crippen molar-refractivity contribution < 1.29 is 19.2 Å². The van der Waals surface area contributed by atoms with Gasteiger partial charge in [0.1, 0.15) is 30.2 Å². The summed E-state index contributed by atoms with van der Waals surface area (Å²) in [7, 11) is 1.68. The van der Waals surface area contributed by atoms with E-state index in [1.165, 1.54) is 17.2 Å². The van der Waals surface area contributed by atoms with Crippen LogP contribution in [0.2, 0.25) is 0 Å². The number of nitrogens with zero attached hydrogens (tertiary/aromatic N) is 3. The summed E-state index contributed by atoms with van der Waals surface area (Å²) < 4.78 is 6.22. The minimum atomic E-state index is -0.647. The molecule has 0 unspecified atom stereocenters. The molecule has 9 nitrogen and oxygen atoms in total. The molecule has 0 aliphatic carbocycles. The van der Waals surface area contributed by atoms with Crippen molar-refractivity contribution >= 4 is 40.4 Å². The molecule has 0 saturated heterocycles. The maximum atomic E-state index is 12.8. The Morgan fingerprint density at radius 1 is 1.05 bits per heavy atom. The molecule has 0 atom stereocenters. The van der Waals surface area contributed by atoms with Crippen LogP contribution in [0, 0.1) is 20.8 Å². The van der Waals surface area contributed by atoms with Gasteiger partial charge in [-0.1, -0.05) is 24.3 Å². The maximum absolute atomic E-state index is 12.8. The topological polar surface area (TPSA) is 120 Å². The van der Waals surface area contributed by atoms with Crippen molar-refractivity contribution in [2.45, 2.75) is 27.4 Å². The third-order valence-corrected chi connectivity index (χ3v) is 6.35. The third kappa shape index (κ3) is 6.77. The number of para-hydroxylation sites is 1. The molecule has 0 saturated carbocycles. The summed E-state index contributed by atoms with van der Waals surface area (Å²) in [6.45, 7) is 6.05. The Kier molecular flexibility index (Phi) is 8.53. The number of hydrogen-bond donors (Lipinski definition) is 2. The van der Waals surface area contributed by atoms with Gasteiger partial charge in [-0.15, -0.1) is 5.48 Å². The van der Waals surface area contributed by atoms with Gasteiger partial charge in [0.15, 0.2) is 0 Å². The van der Waals surface area contributed by atoms with Gasteiger partial charge in [0.25, 0.3) is 0 Å². The molecular weight excluding hydrogens is 494 g/mol. The fourth-order valence-corrected chi connectivity index (χ4v) is 4.08. The molecule has 4 aromatic rings. The number of aromatic nitrogens is 2. The van der Waals surface area contributed by atoms with Crippen LogP contribution in [-0.4, -0.2) is 35.4 Å². The molecule has 0 fully saturated rings. The minimum Gasteiger partial charge on any atom is -0.487 e. The number of carbonyl (C=O) groups excluding carboxylic acids is 2. The largest absolute Gasteiger partial charge is 0.487 e. The number of benzene rings is 2. The Morgan fingerprint density at radius 2 is 1.87 bits per heavy atom. The Morgan fingerprint density at radius 3 is 2.64 bits per heavy atom. The van der Waals surface area contributed by atoms with Crippen LogP contribution in [0.3, 0.4) is 0 Å². The van der Waals surface area contributed by atoms with Crippen molar-refractivity contribution in [1.29, 1.82) is 0 Å². The van der Waals surface area contributed by atoms with Crippen LogP contribution in [-0.2, 0) is 21.0 Å². The van der Waals surface area contributed by atoms with Gasteiger partial charge >= 0.3 is 5.97 Å². The van der Waals surface area contributed by atoms with Crippen molar-refractivity contribution in [3.63, 3.8) is 0 Å². The molecule has 2 heterocycles. The lowest BCUT2D eigenvalue weighted by Gasteiger charge is -2.23. The van der Waals surface area contributed by atoms with Gasteiger partial charge in [-0.25, -0.2) is 14.8 Å². The predicted octanol–water partition coefficient (Wildman–Crippen LogP) is 4.44. The van der Waals surface area contributed by atoms with Crippen molar-refractivity contribution in [2.75, 3.05) is 24.2 Å². The number of carbonyl (C=O) groups is 2. The zero-order chi connectivity index (χ0) is 27.9. The third-order valence-electron chi connectivity index (χ3n) is 6.35. The fraction of sp³-hybridized carbons (Fsp3) is 0.200. The van der Waals surface area contributed by atoms with E-state index in [1.807, 2.05) is 63.2 Å². The second-order valence-electron chi connectivity index (χ2n) is 9.12. The summed E-state index contributed by atoms with van der Waals surface area (Å²) in [4.78, 5) is 39.9. The zero-order valence-corrected chi connectivity index (χ0v) is 22.4. The first kappa shape index (κ1) is 27.3. The normalized spacial score (nSPS) is 11.1. The van der Waals surface area contributed by atoms with Gasteiger partial charge < -0.3 is 20.2 Å². The number of rotatable bonds is 9. The first-order valence-electron chi connectivity index (χ1n) is 12.4. The van der Waals surface area contributed by atoms with E-state index in [2.05, 4.69) is 15.4 Å². The predicted molar refractivity (Wildman–Crippen MR) is 152 cm³/mol. The van der Waals surface area contributed by atoms with E-state index in [4.69, 9.17) is 15.3 Å². The monoisotopic (exact) mass is 525 g/mol. The van der Waals surface area contributed by atoms with Crippen LogP contribution in [0.5, 0.6) is 5.75 Å². The highest BCUT2D eigenvalue weighted by Gasteiger charge is 2.17. The zero-order valence-electron chi connectivity index (χ0n) is 22.4. The summed E-state index contributed by atoms with van der Waals surface area (Å²) in [6.07, 6.45) is 4.31. The summed E-state index contributed by atoms with van der Waals surface area (Å²) in [6, 6.07) is 17.1. The number of anilines is 2. The first-order chi connectivity index (χ1) is 18.7. The number of fused-ring (bicyclic) bond motifs is 1. The number of hydrogen-bond acceptors (Lipinski definition) is 8. The fourth-order valence-electron chi connectivity index (χ4n) is 4.08. The van der Waals surface area contributed by atoms with Crippen LogP contribution >= 0.6 is 0 Å². The highest BCUT2D eigenvalue weighted by atomic mass is 16.7. The molecule has 200 valence electrons. The lowest BCUT2D eigenvalue weighted by molar-refractivity contribution is -0.145. The number of nitrogens with two attached hydrogens (primary N) is 1. The quantitative estimate of drug-likeness (QED) is 0.243. The van der Waals surface area contributed by atoms with E-state index in [0.717, 1.165) is 39.0 Å². The first-order valence-corrected chi connectivity index (χ1v) is 12.4. The minimum absolute atomic E-state index is 0.195. The SMILES string of the molecule is Cc1ccc2cccc(OCc3c(C)ccc(N(C)C(=O)CNOC(=O)/C=C/c4ccc(N)nc4)c3C)c2n1. The number of hydroxylamine groups is 1. The molecule has 2 aromatic carbocycles. The highest BCUT2D eigenvalue weighted by Crippen LogP contribution is 2.29. The number of aryl methyl sites for hydroxylation is 2. The second-order valence-corrected chi connectivity index (χ2v) is 9.12. The molecule has 3 N–H and O–H groups in total. The van der Waals surface area contributed by atoms with Crippen LogP contribution < -0.4 is 20.9 Å². The van der Waals surface area contributed by atoms with Crippen LogP contribution in [0.4, 0.5) is 11.5 Å². The Balaban J connectivity index is 1.37. The van der Waals surface area contributed by atoms with Gasteiger partial charge in [0.05, 0.1) is 0 Å². The number of pyridine rings is 2. The number of amides is 1. The van der Waals surface area contributed by atoms with E-state index in [-0.39, 0.29) is 12.5 Å². The molecule has 4 rings (SSSR count).